The van der Waals surface area contributed by atoms with Gasteiger partial charge in [0, 0.05) is 13.0 Å². The van der Waals surface area contributed by atoms with Gasteiger partial charge >= 0.3 is 0 Å². The van der Waals surface area contributed by atoms with Crippen molar-refractivity contribution in [1.29, 1.82) is 0 Å². The van der Waals surface area contributed by atoms with E-state index in [-0.39, 0.29) is 5.91 Å². The maximum Gasteiger partial charge on any atom is 0.217 e. The number of nitrogens with one attached hydrogen (secondary N) is 1. The van der Waals surface area contributed by atoms with Crippen molar-refractivity contribution >= 4 is 5.91 Å². The third-order valence-corrected chi connectivity index (χ3v) is 3.14. The lowest BCUT2D eigenvalue weighted by Gasteiger charge is -2.19. The molecule has 0 aromatic heterocycles. The maximum atomic E-state index is 10.8. The Labute approximate surface area is 74.7 Å². The van der Waals surface area contributed by atoms with E-state index in [0.29, 0.717) is 12.0 Å². The summed E-state index contributed by atoms with van der Waals surface area (Å²) in [6.07, 6.45) is 3.69. The third-order valence-electron chi connectivity index (χ3n) is 3.14. The van der Waals surface area contributed by atoms with Gasteiger partial charge in [0.05, 0.1) is 0 Å². The number of hydrogen-bond acceptors (Lipinski definition) is 1. The molecule has 2 heteroatoms. The predicted octanol–water partition coefficient (Wildman–Crippen LogP) is 1.95. The van der Waals surface area contributed by atoms with E-state index in [9.17, 15) is 4.79 Å². The van der Waals surface area contributed by atoms with Gasteiger partial charge in [-0.3, -0.25) is 4.79 Å². The normalized spacial score (nSPS) is 35.1. The molecule has 3 unspecified atom stereocenters. The highest BCUT2D eigenvalue weighted by Gasteiger charge is 2.31. The molecule has 1 fully saturated rings. The number of amides is 1. The molecule has 2 nitrogen and oxygen atoms in total. The molecule has 3 atom stereocenters. The van der Waals surface area contributed by atoms with E-state index in [2.05, 4.69) is 19.2 Å². The van der Waals surface area contributed by atoms with Gasteiger partial charge in [-0.2, -0.15) is 0 Å². The smallest absolute Gasteiger partial charge is 0.217 e. The van der Waals surface area contributed by atoms with Crippen molar-refractivity contribution in [1.82, 2.24) is 5.32 Å². The highest BCUT2D eigenvalue weighted by Crippen LogP contribution is 2.33. The summed E-state index contributed by atoms with van der Waals surface area (Å²) >= 11 is 0. The van der Waals surface area contributed by atoms with Crippen LogP contribution in [0.15, 0.2) is 0 Å². The first-order chi connectivity index (χ1) is 5.65. The van der Waals surface area contributed by atoms with Crippen LogP contribution >= 0.6 is 0 Å². The Balaban J connectivity index is 2.43. The molecule has 0 aromatic rings. The Bertz CT molecular complexity index is 167. The minimum absolute atomic E-state index is 0.114. The van der Waals surface area contributed by atoms with Crippen LogP contribution in [0, 0.1) is 11.8 Å². The summed E-state index contributed by atoms with van der Waals surface area (Å²) in [5.74, 6) is 1.60. The first-order valence-electron chi connectivity index (χ1n) is 4.92. The molecule has 12 heavy (non-hydrogen) atoms. The summed E-state index contributed by atoms with van der Waals surface area (Å²) in [6, 6.07) is 0.437. The zero-order valence-electron chi connectivity index (χ0n) is 8.26. The van der Waals surface area contributed by atoms with Crippen molar-refractivity contribution in [2.24, 2.45) is 11.8 Å². The SMILES string of the molecule is CCC1CCC(NC(C)=O)C1C. The minimum Gasteiger partial charge on any atom is -0.353 e. The van der Waals surface area contributed by atoms with E-state index in [1.165, 1.54) is 19.3 Å². The molecule has 0 radical (unpaired) electrons. The molecule has 0 aliphatic heterocycles. The van der Waals surface area contributed by atoms with Gasteiger partial charge < -0.3 is 5.32 Å². The van der Waals surface area contributed by atoms with Crippen LogP contribution in [0.2, 0.25) is 0 Å². The van der Waals surface area contributed by atoms with E-state index in [4.69, 9.17) is 0 Å². The number of carbonyl (C=O) groups is 1. The van der Waals surface area contributed by atoms with Crippen LogP contribution in [-0.2, 0) is 4.79 Å². The lowest BCUT2D eigenvalue weighted by atomic mass is 9.93. The fourth-order valence-electron chi connectivity index (χ4n) is 2.29. The number of rotatable bonds is 2. The average Bonchev–Trinajstić information content (AvgIpc) is 2.32. The van der Waals surface area contributed by atoms with Gasteiger partial charge in [-0.05, 0) is 24.7 Å². The van der Waals surface area contributed by atoms with Crippen molar-refractivity contribution in [3.05, 3.63) is 0 Å². The molecule has 1 saturated carbocycles. The van der Waals surface area contributed by atoms with E-state index >= 15 is 0 Å². The fraction of sp³-hybridized carbons (Fsp3) is 0.900. The molecule has 0 saturated heterocycles. The zero-order valence-corrected chi connectivity index (χ0v) is 8.26. The van der Waals surface area contributed by atoms with Gasteiger partial charge in [-0.15, -0.1) is 0 Å². The van der Waals surface area contributed by atoms with Crippen molar-refractivity contribution in [2.45, 2.75) is 46.1 Å². The van der Waals surface area contributed by atoms with Crippen LogP contribution in [-0.4, -0.2) is 11.9 Å². The third kappa shape index (κ3) is 1.99. The highest BCUT2D eigenvalue weighted by molar-refractivity contribution is 5.73. The molecule has 1 aliphatic carbocycles. The Morgan fingerprint density at radius 2 is 2.17 bits per heavy atom. The van der Waals surface area contributed by atoms with Gasteiger partial charge in [-0.25, -0.2) is 0 Å². The zero-order chi connectivity index (χ0) is 9.14. The van der Waals surface area contributed by atoms with E-state index in [1.54, 1.807) is 6.92 Å². The van der Waals surface area contributed by atoms with E-state index < -0.39 is 0 Å². The Morgan fingerprint density at radius 3 is 2.58 bits per heavy atom. The number of hydrogen-bond donors (Lipinski definition) is 1. The fourth-order valence-corrected chi connectivity index (χ4v) is 2.29. The second kappa shape index (κ2) is 3.92. The maximum absolute atomic E-state index is 10.8. The predicted molar refractivity (Wildman–Crippen MR) is 49.8 cm³/mol. The second-order valence-corrected chi connectivity index (χ2v) is 3.91. The van der Waals surface area contributed by atoms with Crippen LogP contribution in [0.5, 0.6) is 0 Å². The summed E-state index contributed by atoms with van der Waals surface area (Å²) in [5.41, 5.74) is 0. The van der Waals surface area contributed by atoms with Crippen molar-refractivity contribution in [3.8, 4) is 0 Å². The first kappa shape index (κ1) is 9.56. The largest absolute Gasteiger partial charge is 0.353 e. The van der Waals surface area contributed by atoms with E-state index in [0.717, 1.165) is 5.92 Å². The summed E-state index contributed by atoms with van der Waals surface area (Å²) < 4.78 is 0. The summed E-state index contributed by atoms with van der Waals surface area (Å²) in [7, 11) is 0. The van der Waals surface area contributed by atoms with Gasteiger partial charge in [0.2, 0.25) is 5.91 Å². The first-order valence-corrected chi connectivity index (χ1v) is 4.92. The Hall–Kier alpha value is -0.530. The molecule has 1 rings (SSSR count). The summed E-state index contributed by atoms with van der Waals surface area (Å²) in [5, 5.41) is 3.02. The quantitative estimate of drug-likeness (QED) is 0.672. The molecule has 1 aliphatic rings. The van der Waals surface area contributed by atoms with Crippen LogP contribution in [0.3, 0.4) is 0 Å². The molecule has 70 valence electrons. The standard InChI is InChI=1S/C10H19NO/c1-4-9-5-6-10(7(9)2)11-8(3)12/h7,9-10H,4-6H2,1-3H3,(H,11,12). The molecular formula is C10H19NO. The van der Waals surface area contributed by atoms with Crippen molar-refractivity contribution in [3.63, 3.8) is 0 Å². The van der Waals surface area contributed by atoms with E-state index in [1.807, 2.05) is 0 Å². The molecule has 1 amide bonds. The minimum atomic E-state index is 0.114. The highest BCUT2D eigenvalue weighted by atomic mass is 16.1. The molecule has 0 spiro atoms. The van der Waals surface area contributed by atoms with Gasteiger partial charge in [0.15, 0.2) is 0 Å². The van der Waals surface area contributed by atoms with Gasteiger partial charge in [-0.1, -0.05) is 20.3 Å². The van der Waals surface area contributed by atoms with Crippen molar-refractivity contribution < 1.29 is 4.79 Å². The van der Waals surface area contributed by atoms with Crippen LogP contribution < -0.4 is 5.32 Å². The van der Waals surface area contributed by atoms with Gasteiger partial charge in [0.1, 0.15) is 0 Å². The van der Waals surface area contributed by atoms with Crippen LogP contribution in [0.1, 0.15) is 40.0 Å². The summed E-state index contributed by atoms with van der Waals surface area (Å²) in [6.45, 7) is 6.09. The topological polar surface area (TPSA) is 29.1 Å². The molecule has 0 heterocycles. The molecule has 0 bridgehead atoms. The average molecular weight is 169 g/mol. The van der Waals surface area contributed by atoms with Crippen LogP contribution in [0.25, 0.3) is 0 Å². The second-order valence-electron chi connectivity index (χ2n) is 3.91. The lowest BCUT2D eigenvalue weighted by molar-refractivity contribution is -0.119. The Morgan fingerprint density at radius 1 is 1.50 bits per heavy atom. The monoisotopic (exact) mass is 169 g/mol. The molecular weight excluding hydrogens is 150 g/mol. The van der Waals surface area contributed by atoms with Crippen molar-refractivity contribution in [2.75, 3.05) is 0 Å². The molecule has 0 aromatic carbocycles. The Kier molecular flexibility index (Phi) is 3.12. The van der Waals surface area contributed by atoms with Crippen LogP contribution in [0.4, 0.5) is 0 Å². The lowest BCUT2D eigenvalue weighted by Crippen LogP contribution is -2.35. The van der Waals surface area contributed by atoms with Gasteiger partial charge in [0.25, 0.3) is 0 Å². The number of carbonyl (C=O) groups excluding carboxylic acids is 1. The molecule has 1 N–H and O–H groups in total. The summed E-state index contributed by atoms with van der Waals surface area (Å²) in [4.78, 5) is 10.8.